The average Bonchev–Trinajstić information content (AvgIpc) is 2.74. The zero-order valence-corrected chi connectivity index (χ0v) is 22.0. The van der Waals surface area contributed by atoms with E-state index in [4.69, 9.17) is 0 Å². The molecule has 0 aromatic rings. The number of ketones is 2. The lowest BCUT2D eigenvalue weighted by atomic mass is 9.35. The van der Waals surface area contributed by atoms with Gasteiger partial charge in [0, 0.05) is 16.7 Å². The molecule has 184 valence electrons. The SMILES string of the molecule is CC1(C)CC[C@]2(O)CC[C@]3(C)C(C(=O)C=C4[C@@]5(C)C=C(C#N)C(=O)C(C)(C)[C@@H]5CC[C@]43C)C2C1. The van der Waals surface area contributed by atoms with Crippen molar-refractivity contribution in [1.29, 1.82) is 5.26 Å². The zero-order valence-electron chi connectivity index (χ0n) is 22.0. The van der Waals surface area contributed by atoms with Gasteiger partial charge in [-0.1, -0.05) is 60.1 Å². The Hall–Kier alpha value is -1.73. The molecule has 0 aromatic carbocycles. The second-order valence-corrected chi connectivity index (χ2v) is 14.4. The Balaban J connectivity index is 1.69. The normalized spacial score (nSPS) is 48.9. The summed E-state index contributed by atoms with van der Waals surface area (Å²) >= 11 is 0. The van der Waals surface area contributed by atoms with E-state index in [0.717, 1.165) is 50.5 Å². The van der Waals surface area contributed by atoms with Gasteiger partial charge in [0.05, 0.1) is 11.2 Å². The minimum absolute atomic E-state index is 0.0164. The van der Waals surface area contributed by atoms with Crippen LogP contribution in [-0.4, -0.2) is 22.3 Å². The van der Waals surface area contributed by atoms with Gasteiger partial charge in [-0.05, 0) is 79.1 Å². The smallest absolute Gasteiger partial charge is 0.178 e. The lowest BCUT2D eigenvalue weighted by molar-refractivity contribution is -0.195. The van der Waals surface area contributed by atoms with E-state index < -0.39 is 16.4 Å². The number of aliphatic hydroxyl groups is 1. The van der Waals surface area contributed by atoms with Gasteiger partial charge in [0.15, 0.2) is 11.6 Å². The van der Waals surface area contributed by atoms with Crippen molar-refractivity contribution in [3.8, 4) is 6.07 Å². The monoisotopic (exact) mass is 463 g/mol. The number of Topliss-reactive ketones (excluding diaryl/α,β-unsaturated/α-hetero) is 1. The van der Waals surface area contributed by atoms with Crippen LogP contribution in [0.2, 0.25) is 0 Å². The third kappa shape index (κ3) is 2.74. The fraction of sp³-hybridized carbons (Fsp3) is 0.767. The predicted octanol–water partition coefficient (Wildman–Crippen LogP) is 5.95. The van der Waals surface area contributed by atoms with Gasteiger partial charge in [0.25, 0.3) is 0 Å². The van der Waals surface area contributed by atoms with Crippen LogP contribution in [0, 0.1) is 56.2 Å². The van der Waals surface area contributed by atoms with Gasteiger partial charge in [-0.15, -0.1) is 0 Å². The van der Waals surface area contributed by atoms with E-state index in [1.54, 1.807) is 0 Å². The number of nitriles is 1. The van der Waals surface area contributed by atoms with Crippen LogP contribution in [0.1, 0.15) is 93.4 Å². The zero-order chi connectivity index (χ0) is 25.1. The summed E-state index contributed by atoms with van der Waals surface area (Å²) in [4.78, 5) is 27.2. The first-order chi connectivity index (χ1) is 15.6. The van der Waals surface area contributed by atoms with Crippen LogP contribution in [0.3, 0.4) is 0 Å². The van der Waals surface area contributed by atoms with Gasteiger partial charge >= 0.3 is 0 Å². The van der Waals surface area contributed by atoms with Crippen LogP contribution in [0.15, 0.2) is 23.3 Å². The Morgan fingerprint density at radius 1 is 0.971 bits per heavy atom. The molecule has 0 spiro atoms. The topological polar surface area (TPSA) is 78.2 Å². The maximum Gasteiger partial charge on any atom is 0.178 e. The number of nitrogens with zero attached hydrogens (tertiary/aromatic N) is 1. The Morgan fingerprint density at radius 2 is 1.62 bits per heavy atom. The molecule has 0 aliphatic heterocycles. The molecule has 5 rings (SSSR count). The van der Waals surface area contributed by atoms with E-state index in [1.807, 2.05) is 26.0 Å². The van der Waals surface area contributed by atoms with E-state index in [2.05, 4.69) is 40.7 Å². The highest BCUT2D eigenvalue weighted by molar-refractivity contribution is 6.04. The Labute approximate surface area is 204 Å². The molecule has 0 aromatic heterocycles. The molecule has 5 aliphatic carbocycles. The van der Waals surface area contributed by atoms with Gasteiger partial charge in [-0.3, -0.25) is 9.59 Å². The highest BCUT2D eigenvalue weighted by atomic mass is 16.3. The molecule has 3 fully saturated rings. The maximum absolute atomic E-state index is 14.1. The Bertz CT molecular complexity index is 1090. The van der Waals surface area contributed by atoms with E-state index >= 15 is 0 Å². The minimum atomic E-state index is -0.745. The molecule has 0 bridgehead atoms. The van der Waals surface area contributed by atoms with Crippen LogP contribution in [-0.2, 0) is 9.59 Å². The van der Waals surface area contributed by atoms with Crippen molar-refractivity contribution in [3.63, 3.8) is 0 Å². The molecule has 0 saturated heterocycles. The van der Waals surface area contributed by atoms with Crippen molar-refractivity contribution in [2.24, 2.45) is 44.8 Å². The standard InChI is InChI=1S/C30H41NO3/c1-25(2)10-12-30(34)13-11-29(7)23(19(30)16-25)20(32)14-22-27(5)15-18(17-31)24(33)26(3,4)21(27)8-9-28(22,29)6/h14-15,19,21,23,34H,8-13,16H2,1-7H3/t19?,21-,23?,27-,28+,29+,30-/m0/s1. The van der Waals surface area contributed by atoms with Crippen molar-refractivity contribution >= 4 is 11.6 Å². The predicted molar refractivity (Wildman–Crippen MR) is 131 cm³/mol. The second kappa shape index (κ2) is 6.73. The number of carbonyl (C=O) groups excluding carboxylic acids is 2. The summed E-state index contributed by atoms with van der Waals surface area (Å²) in [5, 5.41) is 21.5. The van der Waals surface area contributed by atoms with Crippen LogP contribution in [0.25, 0.3) is 0 Å². The van der Waals surface area contributed by atoms with Gasteiger partial charge in [-0.25, -0.2) is 0 Å². The van der Waals surface area contributed by atoms with Crippen molar-refractivity contribution in [2.45, 2.75) is 99.0 Å². The van der Waals surface area contributed by atoms with E-state index in [-0.39, 0.29) is 51.1 Å². The van der Waals surface area contributed by atoms with Crippen molar-refractivity contribution in [3.05, 3.63) is 23.3 Å². The van der Waals surface area contributed by atoms with Crippen molar-refractivity contribution in [2.75, 3.05) is 0 Å². The fourth-order valence-electron chi connectivity index (χ4n) is 9.61. The maximum atomic E-state index is 14.1. The molecule has 2 unspecified atom stereocenters. The summed E-state index contributed by atoms with van der Waals surface area (Å²) < 4.78 is 0. The molecule has 0 amide bonds. The summed E-state index contributed by atoms with van der Waals surface area (Å²) in [5.41, 5.74) is -0.870. The average molecular weight is 464 g/mol. The number of hydrogen-bond acceptors (Lipinski definition) is 4. The highest BCUT2D eigenvalue weighted by Crippen LogP contribution is 2.73. The fourth-order valence-corrected chi connectivity index (χ4v) is 9.61. The van der Waals surface area contributed by atoms with Gasteiger partial charge in [0.1, 0.15) is 6.07 Å². The summed E-state index contributed by atoms with van der Waals surface area (Å²) in [5.74, 6) is -0.0556. The summed E-state index contributed by atoms with van der Waals surface area (Å²) in [6.07, 6.45) is 9.88. The first kappa shape index (κ1) is 24.0. The van der Waals surface area contributed by atoms with Crippen molar-refractivity contribution in [1.82, 2.24) is 0 Å². The van der Waals surface area contributed by atoms with Crippen molar-refractivity contribution < 1.29 is 14.7 Å². The summed E-state index contributed by atoms with van der Waals surface area (Å²) in [6.45, 7) is 15.3. The molecule has 5 aliphatic rings. The van der Waals surface area contributed by atoms with Gasteiger partial charge in [0.2, 0.25) is 0 Å². The number of hydrogen-bond donors (Lipinski definition) is 1. The molecule has 0 radical (unpaired) electrons. The number of carbonyl (C=O) groups is 2. The third-order valence-corrected chi connectivity index (χ3v) is 11.8. The Kier molecular flexibility index (Phi) is 4.74. The molecule has 3 saturated carbocycles. The van der Waals surface area contributed by atoms with Crippen LogP contribution >= 0.6 is 0 Å². The number of fused-ring (bicyclic) bond motifs is 7. The third-order valence-electron chi connectivity index (χ3n) is 11.8. The van der Waals surface area contributed by atoms with E-state index in [1.165, 1.54) is 0 Å². The molecule has 4 nitrogen and oxygen atoms in total. The minimum Gasteiger partial charge on any atom is -0.390 e. The molecule has 34 heavy (non-hydrogen) atoms. The second-order valence-electron chi connectivity index (χ2n) is 14.4. The van der Waals surface area contributed by atoms with Crippen LogP contribution < -0.4 is 0 Å². The largest absolute Gasteiger partial charge is 0.390 e. The highest BCUT2D eigenvalue weighted by Gasteiger charge is 2.69. The van der Waals surface area contributed by atoms with E-state index in [0.29, 0.717) is 0 Å². The molecular formula is C30H41NO3. The Morgan fingerprint density at radius 3 is 2.26 bits per heavy atom. The van der Waals surface area contributed by atoms with E-state index in [9.17, 15) is 20.0 Å². The van der Waals surface area contributed by atoms with Crippen LogP contribution in [0.5, 0.6) is 0 Å². The molecular weight excluding hydrogens is 422 g/mol. The quantitative estimate of drug-likeness (QED) is 0.481. The lowest BCUT2D eigenvalue weighted by Gasteiger charge is -2.68. The van der Waals surface area contributed by atoms with Crippen LogP contribution in [0.4, 0.5) is 0 Å². The first-order valence-corrected chi connectivity index (χ1v) is 13.2. The van der Waals surface area contributed by atoms with Gasteiger partial charge < -0.3 is 5.11 Å². The number of allylic oxidation sites excluding steroid dienone is 4. The number of rotatable bonds is 0. The first-order valence-electron chi connectivity index (χ1n) is 13.2. The summed E-state index contributed by atoms with van der Waals surface area (Å²) in [6, 6.07) is 2.17. The molecule has 4 heteroatoms. The molecule has 7 atom stereocenters. The summed E-state index contributed by atoms with van der Waals surface area (Å²) in [7, 11) is 0. The molecule has 1 N–H and O–H groups in total. The molecule has 0 heterocycles. The van der Waals surface area contributed by atoms with Gasteiger partial charge in [-0.2, -0.15) is 5.26 Å². The lowest BCUT2D eigenvalue weighted by Crippen LogP contribution is -2.66.